The van der Waals surface area contributed by atoms with Crippen molar-refractivity contribution in [1.29, 1.82) is 0 Å². The van der Waals surface area contributed by atoms with Gasteiger partial charge in [0.1, 0.15) is 11.5 Å². The molecule has 0 radical (unpaired) electrons. The van der Waals surface area contributed by atoms with E-state index in [1.54, 1.807) is 31.6 Å². The fourth-order valence-electron chi connectivity index (χ4n) is 2.82. The van der Waals surface area contributed by atoms with E-state index in [1.165, 1.54) is 18.0 Å². The predicted octanol–water partition coefficient (Wildman–Crippen LogP) is 5.51. The van der Waals surface area contributed by atoms with Gasteiger partial charge in [0, 0.05) is 22.3 Å². The molecule has 156 valence electrons. The highest BCUT2D eigenvalue weighted by Crippen LogP contribution is 2.35. The quantitative estimate of drug-likeness (QED) is 0.278. The molecule has 0 bridgehead atoms. The van der Waals surface area contributed by atoms with Gasteiger partial charge in [-0.2, -0.15) is 0 Å². The molecule has 3 rings (SSSR count). The second-order valence-electron chi connectivity index (χ2n) is 6.89. The minimum atomic E-state index is -0.843. The first-order chi connectivity index (χ1) is 14.3. The van der Waals surface area contributed by atoms with Crippen molar-refractivity contribution in [1.82, 2.24) is 9.71 Å². The van der Waals surface area contributed by atoms with E-state index in [1.807, 2.05) is 38.1 Å². The maximum Gasteiger partial charge on any atom is 0.299 e. The number of hydrogen-bond donors (Lipinski definition) is 1. The van der Waals surface area contributed by atoms with Crippen LogP contribution in [0.3, 0.4) is 0 Å². The van der Waals surface area contributed by atoms with Crippen molar-refractivity contribution in [3.8, 4) is 22.6 Å². The number of nitrogens with one attached hydrogen (secondary N) is 1. The molecule has 3 aromatic rings. The standard InChI is InChI=1S/C21H20ClN3O4S/c1-21(2,24-30-20-12-16(22)7-8-18(20)29-25(26)27)15-6-4-5-14(11-15)17-9-10-23-13-19(17)28-3/h4-13,24H,1-3H3. The number of halogens is 1. The van der Waals surface area contributed by atoms with Crippen molar-refractivity contribution >= 4 is 23.5 Å². The Balaban J connectivity index is 1.85. The van der Waals surface area contributed by atoms with E-state index in [4.69, 9.17) is 16.3 Å². The predicted molar refractivity (Wildman–Crippen MR) is 117 cm³/mol. The molecule has 0 fully saturated rings. The minimum absolute atomic E-state index is 0.118. The Kier molecular flexibility index (Phi) is 6.81. The summed E-state index contributed by atoms with van der Waals surface area (Å²) in [6.45, 7) is 4.03. The zero-order valence-corrected chi connectivity index (χ0v) is 18.2. The maximum atomic E-state index is 10.8. The van der Waals surface area contributed by atoms with Crippen molar-refractivity contribution in [2.75, 3.05) is 7.11 Å². The largest absolute Gasteiger partial charge is 0.494 e. The molecule has 0 saturated carbocycles. The summed E-state index contributed by atoms with van der Waals surface area (Å²) in [5.74, 6) is 0.809. The molecule has 2 aromatic carbocycles. The first-order valence-electron chi connectivity index (χ1n) is 8.95. The fourth-order valence-corrected chi connectivity index (χ4v) is 3.93. The number of benzene rings is 2. The molecule has 0 spiro atoms. The van der Waals surface area contributed by atoms with E-state index in [0.717, 1.165) is 16.7 Å². The van der Waals surface area contributed by atoms with Gasteiger partial charge in [0.05, 0.1) is 18.2 Å². The molecule has 0 atom stereocenters. The van der Waals surface area contributed by atoms with Crippen molar-refractivity contribution in [3.05, 3.63) is 81.6 Å². The highest BCUT2D eigenvalue weighted by molar-refractivity contribution is 7.97. The summed E-state index contributed by atoms with van der Waals surface area (Å²) in [6.07, 6.45) is 3.40. The van der Waals surface area contributed by atoms with Crippen LogP contribution in [0, 0.1) is 10.1 Å². The molecule has 0 amide bonds. The molecule has 0 aliphatic rings. The summed E-state index contributed by atoms with van der Waals surface area (Å²) >= 11 is 7.27. The van der Waals surface area contributed by atoms with Crippen LogP contribution in [-0.4, -0.2) is 17.2 Å². The molecule has 0 unspecified atom stereocenters. The fraction of sp³-hybridized carbons (Fsp3) is 0.190. The zero-order chi connectivity index (χ0) is 21.7. The van der Waals surface area contributed by atoms with Crippen LogP contribution in [-0.2, 0) is 5.54 Å². The molecule has 0 saturated heterocycles. The van der Waals surface area contributed by atoms with Crippen LogP contribution >= 0.6 is 23.5 Å². The Hall–Kier alpha value is -2.81. The van der Waals surface area contributed by atoms with Crippen LogP contribution in [0.4, 0.5) is 0 Å². The smallest absolute Gasteiger partial charge is 0.299 e. The van der Waals surface area contributed by atoms with Gasteiger partial charge >= 0.3 is 0 Å². The number of aromatic nitrogens is 1. The lowest BCUT2D eigenvalue weighted by atomic mass is 9.92. The van der Waals surface area contributed by atoms with Crippen molar-refractivity contribution < 1.29 is 14.7 Å². The summed E-state index contributed by atoms with van der Waals surface area (Å²) in [6, 6.07) is 14.6. The Morgan fingerprint density at radius 2 is 1.97 bits per heavy atom. The van der Waals surface area contributed by atoms with Gasteiger partial charge < -0.3 is 4.74 Å². The number of ether oxygens (including phenoxy) is 1. The molecular weight excluding hydrogens is 426 g/mol. The van der Waals surface area contributed by atoms with Crippen molar-refractivity contribution in [2.24, 2.45) is 0 Å². The topological polar surface area (TPSA) is 86.5 Å². The van der Waals surface area contributed by atoms with Gasteiger partial charge in [0.15, 0.2) is 0 Å². The molecule has 30 heavy (non-hydrogen) atoms. The van der Waals surface area contributed by atoms with Crippen LogP contribution < -0.4 is 14.3 Å². The molecule has 7 nitrogen and oxygen atoms in total. The van der Waals surface area contributed by atoms with Crippen molar-refractivity contribution in [2.45, 2.75) is 24.3 Å². The van der Waals surface area contributed by atoms with Crippen molar-refractivity contribution in [3.63, 3.8) is 0 Å². The highest BCUT2D eigenvalue weighted by atomic mass is 35.5. The SMILES string of the molecule is COc1cnccc1-c1cccc(C(C)(C)NSc2cc(Cl)ccc2O[N+](=O)[O-])c1. The number of rotatable bonds is 8. The Morgan fingerprint density at radius 1 is 1.17 bits per heavy atom. The van der Waals surface area contributed by atoms with Crippen LogP contribution in [0.1, 0.15) is 19.4 Å². The third-order valence-corrected chi connectivity index (χ3v) is 5.78. The van der Waals surface area contributed by atoms with E-state index in [0.29, 0.717) is 15.7 Å². The van der Waals surface area contributed by atoms with Gasteiger partial charge in [-0.15, -0.1) is 10.1 Å². The van der Waals surface area contributed by atoms with Gasteiger partial charge in [0.2, 0.25) is 0 Å². The summed E-state index contributed by atoms with van der Waals surface area (Å²) in [4.78, 5) is 20.0. The average Bonchev–Trinajstić information content (AvgIpc) is 2.73. The number of pyridine rings is 1. The monoisotopic (exact) mass is 445 g/mol. The molecule has 1 aromatic heterocycles. The Bertz CT molecular complexity index is 1060. The maximum absolute atomic E-state index is 10.8. The van der Waals surface area contributed by atoms with E-state index >= 15 is 0 Å². The molecule has 0 aliphatic heterocycles. The van der Waals surface area contributed by atoms with Crippen LogP contribution in [0.15, 0.2) is 65.8 Å². The lowest BCUT2D eigenvalue weighted by Gasteiger charge is -2.27. The molecule has 1 heterocycles. The van der Waals surface area contributed by atoms with E-state index in [-0.39, 0.29) is 5.75 Å². The molecule has 1 N–H and O–H groups in total. The zero-order valence-electron chi connectivity index (χ0n) is 16.6. The van der Waals surface area contributed by atoms with Gasteiger partial charge in [-0.3, -0.25) is 9.82 Å². The lowest BCUT2D eigenvalue weighted by Crippen LogP contribution is -2.31. The minimum Gasteiger partial charge on any atom is -0.494 e. The normalized spacial score (nSPS) is 11.2. The number of hydrogen-bond acceptors (Lipinski definition) is 7. The third kappa shape index (κ3) is 5.21. The van der Waals surface area contributed by atoms with Crippen LogP contribution in [0.5, 0.6) is 11.5 Å². The highest BCUT2D eigenvalue weighted by Gasteiger charge is 2.22. The van der Waals surface area contributed by atoms with E-state index in [2.05, 4.69) is 20.6 Å². The van der Waals surface area contributed by atoms with E-state index in [9.17, 15) is 10.1 Å². The van der Waals surface area contributed by atoms with Gasteiger partial charge in [-0.25, -0.2) is 4.72 Å². The summed E-state index contributed by atoms with van der Waals surface area (Å²) in [7, 11) is 1.61. The Labute approximate surface area is 183 Å². The summed E-state index contributed by atoms with van der Waals surface area (Å²) in [5.41, 5.74) is 2.47. The van der Waals surface area contributed by atoms with E-state index < -0.39 is 10.6 Å². The van der Waals surface area contributed by atoms with Gasteiger partial charge in [-0.05, 0) is 67.3 Å². The average molecular weight is 446 g/mol. The van der Waals surface area contributed by atoms with Crippen LogP contribution in [0.2, 0.25) is 5.02 Å². The molecule has 0 aliphatic carbocycles. The van der Waals surface area contributed by atoms with Gasteiger partial charge in [-0.1, -0.05) is 29.8 Å². The number of nitrogens with zero attached hydrogens (tertiary/aromatic N) is 2. The second kappa shape index (κ2) is 9.34. The van der Waals surface area contributed by atoms with Gasteiger partial charge in [0.25, 0.3) is 5.09 Å². The molecule has 9 heteroatoms. The Morgan fingerprint density at radius 3 is 2.70 bits per heavy atom. The number of methoxy groups -OCH3 is 1. The summed E-state index contributed by atoms with van der Waals surface area (Å²) < 4.78 is 8.77. The first kappa shape index (κ1) is 21.9. The first-order valence-corrected chi connectivity index (χ1v) is 10.1. The van der Waals surface area contributed by atoms with Crippen LogP contribution in [0.25, 0.3) is 11.1 Å². The summed E-state index contributed by atoms with van der Waals surface area (Å²) in [5, 5.41) is 10.4. The molecular formula is C21H20ClN3O4S. The lowest BCUT2D eigenvalue weighted by molar-refractivity contribution is -0.711. The third-order valence-electron chi connectivity index (χ3n) is 4.39. The second-order valence-corrected chi connectivity index (χ2v) is 8.18.